The molecule has 0 unspecified atom stereocenters. The van der Waals surface area contributed by atoms with Crippen molar-refractivity contribution in [2.75, 3.05) is 18.4 Å². The van der Waals surface area contributed by atoms with Crippen molar-refractivity contribution >= 4 is 17.2 Å². The number of nitrogens with one attached hydrogen (secondary N) is 2. The lowest BCUT2D eigenvalue weighted by atomic mass is 10.1. The van der Waals surface area contributed by atoms with E-state index in [0.29, 0.717) is 0 Å². The summed E-state index contributed by atoms with van der Waals surface area (Å²) >= 11 is 0. The monoisotopic (exact) mass is 484 g/mol. The molecule has 35 heavy (non-hydrogen) atoms. The summed E-state index contributed by atoms with van der Waals surface area (Å²) in [6.45, 7) is 3.36. The van der Waals surface area contributed by atoms with Crippen LogP contribution in [0.4, 0.5) is 18.9 Å². The minimum absolute atomic E-state index is 0.0384. The molecule has 4 heterocycles. The van der Waals surface area contributed by atoms with Gasteiger partial charge in [0.05, 0.1) is 17.4 Å². The number of hydrogen-bond acceptors (Lipinski definition) is 6. The maximum absolute atomic E-state index is 14.7. The molecule has 11 heteroatoms. The fourth-order valence-corrected chi connectivity index (χ4v) is 4.10. The second-order valence-electron chi connectivity index (χ2n) is 8.98. The summed E-state index contributed by atoms with van der Waals surface area (Å²) in [5.41, 5.74) is 0.797. The fraction of sp³-hybridized carbons (Fsp3) is 0.333. The van der Waals surface area contributed by atoms with E-state index < -0.39 is 17.6 Å². The lowest BCUT2D eigenvalue weighted by Gasteiger charge is -2.11. The predicted octanol–water partition coefficient (Wildman–Crippen LogP) is 4.65. The molecule has 8 nitrogen and oxygen atoms in total. The van der Waals surface area contributed by atoms with Crippen LogP contribution < -0.4 is 10.6 Å². The van der Waals surface area contributed by atoms with Gasteiger partial charge in [0.2, 0.25) is 12.2 Å². The van der Waals surface area contributed by atoms with Crippen LogP contribution in [-0.2, 0) is 5.92 Å². The first kappa shape index (κ1) is 23.0. The van der Waals surface area contributed by atoms with Crippen molar-refractivity contribution < 1.29 is 22.5 Å². The molecule has 182 valence electrons. The number of hydrogen-bond donors (Lipinski definition) is 2. The van der Waals surface area contributed by atoms with Crippen molar-refractivity contribution in [3.63, 3.8) is 0 Å². The van der Waals surface area contributed by atoms with E-state index >= 15 is 0 Å². The maximum atomic E-state index is 14.7. The molecule has 1 saturated carbocycles. The normalized spacial score (nSPS) is 16.2. The number of imidazole rings is 1. The van der Waals surface area contributed by atoms with Crippen LogP contribution in [0.15, 0.2) is 53.6 Å². The number of rotatable bonds is 4. The molecule has 3 aromatic heterocycles. The lowest BCUT2D eigenvalue weighted by Crippen LogP contribution is -2.16. The number of nitrogens with zero attached hydrogens (tertiary/aromatic N) is 4. The Balaban J connectivity index is 0.000000306. The number of halogens is 3. The second-order valence-corrected chi connectivity index (χ2v) is 8.98. The van der Waals surface area contributed by atoms with Gasteiger partial charge in [0, 0.05) is 25.2 Å². The standard InChI is InChI=1S/C18H12F3N5O2.C6H11N/c1-18(20,21)10-5-6-26-13(8-22-14(26)7-10)17(27)24-12-4-2-3-11(15(12)19)16-23-9-28-25-16;1-2-6(1)3-4-7-5-6/h2-9H,1H3,(H,24,27);7H,1-5H2. The first-order chi connectivity index (χ1) is 16.8. The van der Waals surface area contributed by atoms with Gasteiger partial charge in [-0.1, -0.05) is 11.2 Å². The highest BCUT2D eigenvalue weighted by atomic mass is 19.3. The number of fused-ring (bicyclic) bond motifs is 1. The van der Waals surface area contributed by atoms with Crippen molar-refractivity contribution in [1.82, 2.24) is 24.8 Å². The van der Waals surface area contributed by atoms with E-state index in [1.165, 1.54) is 79.5 Å². The number of anilines is 1. The van der Waals surface area contributed by atoms with Gasteiger partial charge in [-0.05, 0) is 55.5 Å². The van der Waals surface area contributed by atoms with Crippen molar-refractivity contribution in [2.45, 2.75) is 32.1 Å². The second kappa shape index (κ2) is 8.81. The summed E-state index contributed by atoms with van der Waals surface area (Å²) in [4.78, 5) is 20.3. The number of aromatic nitrogens is 4. The Hall–Kier alpha value is -3.73. The molecule has 4 aromatic rings. The van der Waals surface area contributed by atoms with Gasteiger partial charge >= 0.3 is 0 Å². The molecule has 1 saturated heterocycles. The van der Waals surface area contributed by atoms with Gasteiger partial charge < -0.3 is 15.2 Å². The third-order valence-electron chi connectivity index (χ3n) is 6.39. The van der Waals surface area contributed by atoms with Crippen molar-refractivity contribution in [1.29, 1.82) is 0 Å². The highest BCUT2D eigenvalue weighted by Gasteiger charge is 2.44. The molecule has 2 fully saturated rings. The summed E-state index contributed by atoms with van der Waals surface area (Å²) in [6, 6.07) is 6.72. The number of carbonyl (C=O) groups is 1. The molecule has 1 aliphatic heterocycles. The Kier molecular flexibility index (Phi) is 5.79. The largest absolute Gasteiger partial charge is 0.342 e. The lowest BCUT2D eigenvalue weighted by molar-refractivity contribution is 0.0175. The molecule has 0 atom stereocenters. The summed E-state index contributed by atoms with van der Waals surface area (Å²) < 4.78 is 47.6. The number of alkyl halides is 2. The molecule has 1 amide bonds. The molecule has 6 rings (SSSR count). The Morgan fingerprint density at radius 3 is 2.69 bits per heavy atom. The van der Waals surface area contributed by atoms with Crippen LogP contribution in [0.1, 0.15) is 42.2 Å². The Labute approximate surface area is 198 Å². The van der Waals surface area contributed by atoms with E-state index in [0.717, 1.165) is 18.7 Å². The zero-order chi connectivity index (χ0) is 24.6. The summed E-state index contributed by atoms with van der Waals surface area (Å²) in [6.07, 6.45) is 8.05. The Bertz CT molecular complexity index is 1350. The van der Waals surface area contributed by atoms with Gasteiger partial charge in [0.1, 0.15) is 11.3 Å². The maximum Gasteiger partial charge on any atom is 0.274 e. The van der Waals surface area contributed by atoms with Crippen LogP contribution in [0.5, 0.6) is 0 Å². The van der Waals surface area contributed by atoms with Crippen LogP contribution in [0.2, 0.25) is 0 Å². The van der Waals surface area contributed by atoms with E-state index in [1.807, 2.05) is 0 Å². The summed E-state index contributed by atoms with van der Waals surface area (Å²) in [7, 11) is 0. The topological polar surface area (TPSA) is 97.3 Å². The molecule has 1 spiro atoms. The third kappa shape index (κ3) is 4.76. The molecule has 2 N–H and O–H groups in total. The number of amides is 1. The number of pyridine rings is 1. The van der Waals surface area contributed by atoms with Gasteiger partial charge in [-0.25, -0.2) is 18.2 Å². The SMILES string of the molecule is C1CC2(CC2)CN1.CC(F)(F)c1ccn2c(C(=O)Nc3cccc(-c4ncon4)c3F)cnc2c1. The van der Waals surface area contributed by atoms with Gasteiger partial charge in [0.25, 0.3) is 11.8 Å². The first-order valence-corrected chi connectivity index (χ1v) is 11.2. The van der Waals surface area contributed by atoms with E-state index in [2.05, 4.69) is 30.3 Å². The zero-order valence-electron chi connectivity index (χ0n) is 18.9. The molecule has 0 bridgehead atoms. The van der Waals surface area contributed by atoms with E-state index in [9.17, 15) is 18.0 Å². The molecular weight excluding hydrogens is 461 g/mol. The molecule has 0 radical (unpaired) electrons. The Morgan fingerprint density at radius 2 is 2.06 bits per heavy atom. The Morgan fingerprint density at radius 1 is 1.23 bits per heavy atom. The van der Waals surface area contributed by atoms with E-state index in [1.54, 1.807) is 0 Å². The zero-order valence-corrected chi connectivity index (χ0v) is 18.9. The van der Waals surface area contributed by atoms with Crippen molar-refractivity contribution in [3.8, 4) is 11.4 Å². The number of benzene rings is 1. The van der Waals surface area contributed by atoms with Gasteiger partial charge in [-0.3, -0.25) is 9.20 Å². The summed E-state index contributed by atoms with van der Waals surface area (Å²) in [5.74, 6) is -4.39. The fourth-order valence-electron chi connectivity index (χ4n) is 4.10. The molecule has 1 aromatic carbocycles. The quantitative estimate of drug-likeness (QED) is 0.438. The molecular formula is C24H23F3N6O2. The van der Waals surface area contributed by atoms with Crippen LogP contribution in [0, 0.1) is 11.2 Å². The summed E-state index contributed by atoms with van der Waals surface area (Å²) in [5, 5.41) is 9.39. The van der Waals surface area contributed by atoms with Crippen LogP contribution in [-0.4, -0.2) is 38.5 Å². The van der Waals surface area contributed by atoms with Crippen LogP contribution >= 0.6 is 0 Å². The van der Waals surface area contributed by atoms with E-state index in [4.69, 9.17) is 0 Å². The van der Waals surface area contributed by atoms with Crippen LogP contribution in [0.3, 0.4) is 0 Å². The van der Waals surface area contributed by atoms with Gasteiger partial charge in [0.15, 0.2) is 5.82 Å². The van der Waals surface area contributed by atoms with Gasteiger partial charge in [-0.2, -0.15) is 4.98 Å². The average molecular weight is 484 g/mol. The number of carbonyl (C=O) groups excluding carboxylic acids is 1. The van der Waals surface area contributed by atoms with Crippen molar-refractivity contribution in [2.24, 2.45) is 5.41 Å². The minimum Gasteiger partial charge on any atom is -0.342 e. The highest BCUT2D eigenvalue weighted by molar-refractivity contribution is 6.03. The average Bonchev–Trinajstić information content (AvgIpc) is 3.24. The predicted molar refractivity (Wildman–Crippen MR) is 122 cm³/mol. The smallest absolute Gasteiger partial charge is 0.274 e. The molecule has 2 aliphatic rings. The minimum atomic E-state index is -3.03. The third-order valence-corrected chi connectivity index (χ3v) is 6.39. The van der Waals surface area contributed by atoms with E-state index in [-0.39, 0.29) is 34.0 Å². The van der Waals surface area contributed by atoms with Crippen LogP contribution in [0.25, 0.3) is 17.0 Å². The van der Waals surface area contributed by atoms with Crippen molar-refractivity contribution in [3.05, 3.63) is 66.2 Å². The molecule has 1 aliphatic carbocycles. The highest BCUT2D eigenvalue weighted by Crippen LogP contribution is 2.49. The van der Waals surface area contributed by atoms with Gasteiger partial charge in [-0.15, -0.1) is 0 Å². The first-order valence-electron chi connectivity index (χ1n) is 11.2.